The number of likely N-dealkylation sites (N-methyl/N-ethyl adjacent to an activating group) is 1. The number of nitrogens with zero attached hydrogens (tertiary/aromatic N) is 2. The monoisotopic (exact) mass is 283 g/mol. The van der Waals surface area contributed by atoms with E-state index in [1.54, 1.807) is 48.8 Å². The van der Waals surface area contributed by atoms with Gasteiger partial charge in [0.2, 0.25) is 0 Å². The van der Waals surface area contributed by atoms with Crippen molar-refractivity contribution in [3.05, 3.63) is 24.2 Å². The van der Waals surface area contributed by atoms with Crippen LogP contribution in [0.3, 0.4) is 0 Å². The molecular weight excluding hydrogens is 258 g/mol. The highest BCUT2D eigenvalue weighted by Gasteiger charge is 2.24. The van der Waals surface area contributed by atoms with Crippen molar-refractivity contribution in [3.63, 3.8) is 0 Å². The first-order chi connectivity index (χ1) is 9.07. The second kappa shape index (κ2) is 7.57. The van der Waals surface area contributed by atoms with Gasteiger partial charge in [0.15, 0.2) is 0 Å². The van der Waals surface area contributed by atoms with Gasteiger partial charge in [-0.05, 0) is 27.7 Å². The van der Waals surface area contributed by atoms with E-state index >= 15 is 0 Å². The number of amides is 1. The highest BCUT2D eigenvalue weighted by atomic mass is 16.7. The first kappa shape index (κ1) is 18.0. The summed E-state index contributed by atoms with van der Waals surface area (Å²) in [6.45, 7) is 7.11. The number of hydrogen-bond acceptors (Lipinski definition) is 5. The Morgan fingerprint density at radius 2 is 1.70 bits per heavy atom. The van der Waals surface area contributed by atoms with Gasteiger partial charge in [0.1, 0.15) is 0 Å². The fourth-order valence-electron chi connectivity index (χ4n) is 0.925. The van der Waals surface area contributed by atoms with Gasteiger partial charge < -0.3 is 15.1 Å². The Hall–Kier alpha value is -1.98. The van der Waals surface area contributed by atoms with Crippen LogP contribution in [-0.4, -0.2) is 43.0 Å². The van der Waals surface area contributed by atoms with Crippen LogP contribution >= 0.6 is 0 Å². The molecule has 0 rings (SSSR count). The van der Waals surface area contributed by atoms with Crippen molar-refractivity contribution in [1.29, 1.82) is 0 Å². The maximum absolute atomic E-state index is 11.7. The average Bonchev–Trinajstić information content (AvgIpc) is 2.34. The molecule has 0 aliphatic rings. The third kappa shape index (κ3) is 6.82. The Balaban J connectivity index is 4.49. The van der Waals surface area contributed by atoms with Crippen molar-refractivity contribution in [2.24, 2.45) is 5.41 Å². The summed E-state index contributed by atoms with van der Waals surface area (Å²) in [4.78, 5) is 29.9. The second-order valence-corrected chi connectivity index (χ2v) is 5.50. The Bertz CT molecular complexity index is 408. The molecule has 0 aromatic rings. The largest absolute Gasteiger partial charge is 0.391 e. The minimum Gasteiger partial charge on any atom is -0.391 e. The molecule has 0 saturated heterocycles. The van der Waals surface area contributed by atoms with Gasteiger partial charge >= 0.3 is 5.97 Å². The van der Waals surface area contributed by atoms with Gasteiger partial charge in [-0.1, -0.05) is 0 Å². The Morgan fingerprint density at radius 1 is 1.15 bits per heavy atom. The second-order valence-electron chi connectivity index (χ2n) is 5.50. The summed E-state index contributed by atoms with van der Waals surface area (Å²) >= 11 is 0. The van der Waals surface area contributed by atoms with Gasteiger partial charge in [-0.15, -0.1) is 0 Å². The lowest BCUT2D eigenvalue weighted by molar-refractivity contribution is -0.183. The van der Waals surface area contributed by atoms with Crippen LogP contribution < -0.4 is 5.32 Å². The van der Waals surface area contributed by atoms with E-state index in [9.17, 15) is 9.59 Å². The smallest absolute Gasteiger partial charge is 0.337 e. The first-order valence-electron chi connectivity index (χ1n) is 6.34. The van der Waals surface area contributed by atoms with E-state index in [0.29, 0.717) is 0 Å². The lowest BCUT2D eigenvalue weighted by Crippen LogP contribution is -2.29. The lowest BCUT2D eigenvalue weighted by Gasteiger charge is -2.21. The molecule has 6 nitrogen and oxygen atoms in total. The number of hydroxylamine groups is 2. The van der Waals surface area contributed by atoms with Crippen LogP contribution in [0.1, 0.15) is 27.7 Å². The van der Waals surface area contributed by atoms with E-state index in [1.165, 1.54) is 28.4 Å². The molecule has 0 spiro atoms. The molecule has 0 aromatic heterocycles. The van der Waals surface area contributed by atoms with E-state index in [2.05, 4.69) is 5.32 Å². The summed E-state index contributed by atoms with van der Waals surface area (Å²) in [5, 5.41) is 4.14. The fourth-order valence-corrected chi connectivity index (χ4v) is 0.925. The van der Waals surface area contributed by atoms with Gasteiger partial charge in [0.05, 0.1) is 11.6 Å². The molecule has 0 saturated carbocycles. The summed E-state index contributed by atoms with van der Waals surface area (Å²) in [6.07, 6.45) is 4.51. The molecule has 6 heteroatoms. The molecule has 0 atom stereocenters. The van der Waals surface area contributed by atoms with E-state index in [1.807, 2.05) is 0 Å². The third-order valence-corrected chi connectivity index (χ3v) is 2.42. The molecule has 20 heavy (non-hydrogen) atoms. The molecule has 1 N–H and O–H groups in total. The maximum atomic E-state index is 11.7. The summed E-state index contributed by atoms with van der Waals surface area (Å²) in [7, 11) is 4.96. The molecule has 0 radical (unpaired) electrons. The minimum atomic E-state index is -0.573. The molecule has 0 aromatic carbocycles. The molecule has 0 aliphatic carbocycles. The van der Waals surface area contributed by atoms with E-state index in [4.69, 9.17) is 4.84 Å². The normalized spacial score (nSPS) is 12.2. The zero-order chi connectivity index (χ0) is 15.9. The van der Waals surface area contributed by atoms with Gasteiger partial charge in [0, 0.05) is 39.1 Å². The molecule has 0 aliphatic heterocycles. The fraction of sp³-hybridized carbons (Fsp3) is 0.571. The number of carbonyl (C=O) groups excluding carboxylic acids is 2. The van der Waals surface area contributed by atoms with E-state index in [0.717, 1.165) is 5.70 Å². The number of nitrogens with one attached hydrogen (secondary N) is 1. The Labute approximate surface area is 121 Å². The maximum Gasteiger partial charge on any atom is 0.337 e. The molecule has 0 fully saturated rings. The number of allylic oxidation sites excluding steroid dienone is 1. The van der Waals surface area contributed by atoms with Gasteiger partial charge in [-0.25, -0.2) is 9.86 Å². The predicted octanol–water partition coefficient (Wildman–Crippen LogP) is 1.48. The van der Waals surface area contributed by atoms with E-state index in [-0.39, 0.29) is 11.9 Å². The van der Waals surface area contributed by atoms with Crippen LogP contribution in [0.2, 0.25) is 0 Å². The summed E-state index contributed by atoms with van der Waals surface area (Å²) in [6, 6.07) is 0. The van der Waals surface area contributed by atoms with Gasteiger partial charge in [-0.2, -0.15) is 0 Å². The van der Waals surface area contributed by atoms with Crippen LogP contribution in [0.5, 0.6) is 0 Å². The van der Waals surface area contributed by atoms with Crippen LogP contribution in [-0.2, 0) is 14.4 Å². The van der Waals surface area contributed by atoms with Crippen molar-refractivity contribution in [2.45, 2.75) is 27.7 Å². The van der Waals surface area contributed by atoms with Crippen LogP contribution in [0.4, 0.5) is 0 Å². The number of rotatable bonds is 5. The van der Waals surface area contributed by atoms with Crippen molar-refractivity contribution >= 4 is 11.9 Å². The molecule has 0 unspecified atom stereocenters. The van der Waals surface area contributed by atoms with E-state index < -0.39 is 5.41 Å². The number of hydrogen-bond donors (Lipinski definition) is 1. The van der Waals surface area contributed by atoms with Gasteiger partial charge in [-0.3, -0.25) is 4.79 Å². The van der Waals surface area contributed by atoms with Gasteiger partial charge in [0.25, 0.3) is 5.91 Å². The lowest BCUT2D eigenvalue weighted by atomic mass is 9.98. The number of carbonyl (C=O) groups is 2. The Morgan fingerprint density at radius 3 is 2.15 bits per heavy atom. The quantitative estimate of drug-likeness (QED) is 0.611. The molecular formula is C14H25N3O3. The van der Waals surface area contributed by atoms with Crippen LogP contribution in [0.25, 0.3) is 0 Å². The van der Waals surface area contributed by atoms with Crippen LogP contribution in [0, 0.1) is 5.41 Å². The zero-order valence-electron chi connectivity index (χ0n) is 13.4. The summed E-state index contributed by atoms with van der Waals surface area (Å²) < 4.78 is 0. The predicted molar refractivity (Wildman–Crippen MR) is 78.0 cm³/mol. The molecule has 0 bridgehead atoms. The third-order valence-electron chi connectivity index (χ3n) is 2.42. The summed E-state index contributed by atoms with van der Waals surface area (Å²) in [5.74, 6) is -0.520. The van der Waals surface area contributed by atoms with Crippen molar-refractivity contribution in [3.8, 4) is 0 Å². The topological polar surface area (TPSA) is 61.9 Å². The highest BCUT2D eigenvalue weighted by molar-refractivity contribution is 5.88. The first-order valence-corrected chi connectivity index (χ1v) is 6.34. The zero-order valence-corrected chi connectivity index (χ0v) is 13.4. The molecule has 1 amide bonds. The Kier molecular flexibility index (Phi) is 6.82. The SMILES string of the molecule is CN/C(C)=C\C(=O)N(C)/C=C\N(C)OC(=O)C(C)(C)C. The summed E-state index contributed by atoms with van der Waals surface area (Å²) in [5.41, 5.74) is 0.193. The molecule has 114 valence electrons. The average molecular weight is 283 g/mol. The highest BCUT2D eigenvalue weighted by Crippen LogP contribution is 2.15. The standard InChI is InChI=1S/C14H25N3O3/c1-11(15-5)10-12(18)16(6)8-9-17(7)20-13(19)14(2,3)4/h8-10,15H,1-7H3/b9-8-,11-10-. The van der Waals surface area contributed by atoms with Crippen molar-refractivity contribution in [2.75, 3.05) is 21.1 Å². The van der Waals surface area contributed by atoms with Crippen LogP contribution in [0.15, 0.2) is 24.2 Å². The van der Waals surface area contributed by atoms with Crippen molar-refractivity contribution < 1.29 is 14.4 Å². The van der Waals surface area contributed by atoms with Crippen molar-refractivity contribution in [1.82, 2.24) is 15.3 Å². The minimum absolute atomic E-state index is 0.177. The molecule has 0 heterocycles.